The molecule has 2 fully saturated rings. The fourth-order valence-corrected chi connectivity index (χ4v) is 4.61. The van der Waals surface area contributed by atoms with Crippen molar-refractivity contribution in [1.82, 2.24) is 10.2 Å². The summed E-state index contributed by atoms with van der Waals surface area (Å²) < 4.78 is 34.9. The van der Waals surface area contributed by atoms with Crippen molar-refractivity contribution in [3.63, 3.8) is 0 Å². The first-order valence-corrected chi connectivity index (χ1v) is 9.28. The molecule has 1 atom stereocenters. The maximum absolute atomic E-state index is 13.0. The van der Waals surface area contributed by atoms with E-state index in [9.17, 15) is 17.1 Å². The van der Waals surface area contributed by atoms with Gasteiger partial charge in [-0.15, -0.1) is 14.1 Å². The van der Waals surface area contributed by atoms with Gasteiger partial charge < -0.3 is 0 Å². The lowest BCUT2D eigenvalue weighted by Gasteiger charge is -2.18. The molecule has 116 valence electrons. The summed E-state index contributed by atoms with van der Waals surface area (Å²) >= 11 is 1.32. The van der Waals surface area contributed by atoms with Crippen LogP contribution in [0.3, 0.4) is 0 Å². The normalized spacial score (nSPS) is 24.7. The number of halogens is 1. The predicted octanol–water partition coefficient (Wildman–Crippen LogP) is 1.99. The van der Waals surface area contributed by atoms with Crippen molar-refractivity contribution in [2.24, 2.45) is 0 Å². The van der Waals surface area contributed by atoms with Crippen LogP contribution >= 0.6 is 11.3 Å². The van der Waals surface area contributed by atoms with Crippen molar-refractivity contribution in [3.8, 4) is 0 Å². The van der Waals surface area contributed by atoms with Gasteiger partial charge in [-0.3, -0.25) is 9.69 Å². The van der Waals surface area contributed by atoms with Gasteiger partial charge in [0.05, 0.1) is 0 Å². The lowest BCUT2D eigenvalue weighted by atomic mass is 9.90. The molecule has 6 nitrogen and oxygen atoms in total. The van der Waals surface area contributed by atoms with E-state index in [0.29, 0.717) is 11.0 Å². The van der Waals surface area contributed by atoms with E-state index in [4.69, 9.17) is 0 Å². The number of anilines is 1. The second-order valence-electron chi connectivity index (χ2n) is 5.56. The molecule has 1 aromatic rings. The Hall–Kier alpha value is -1.09. The number of carbonyl (C=O) groups excluding carboxylic acids is 1. The second kappa shape index (κ2) is 5.60. The number of carbonyl (C=O) groups is 1. The highest BCUT2D eigenvalue weighted by molar-refractivity contribution is 7.87. The molecule has 2 aliphatic rings. The van der Waals surface area contributed by atoms with Crippen LogP contribution in [0.25, 0.3) is 0 Å². The fraction of sp³-hybridized carbons (Fsp3) is 0.750. The Labute approximate surface area is 126 Å². The minimum absolute atomic E-state index is 0.170. The number of nitrogens with zero attached hydrogens (tertiary/aromatic N) is 3. The Kier molecular flexibility index (Phi) is 3.96. The highest BCUT2D eigenvalue weighted by Crippen LogP contribution is 2.37. The third-order valence-corrected chi connectivity index (χ3v) is 6.32. The summed E-state index contributed by atoms with van der Waals surface area (Å²) in [5, 5.41) is 8.12. The zero-order chi connectivity index (χ0) is 15.0. The molecule has 2 heterocycles. The Morgan fingerprint density at radius 3 is 2.52 bits per heavy atom. The summed E-state index contributed by atoms with van der Waals surface area (Å²) in [5.41, 5.74) is 0. The summed E-state index contributed by atoms with van der Waals surface area (Å²) in [5.74, 6) is -0.0315. The van der Waals surface area contributed by atoms with Crippen molar-refractivity contribution in [2.75, 3.05) is 11.4 Å². The van der Waals surface area contributed by atoms with Gasteiger partial charge in [0.25, 0.3) is 0 Å². The highest BCUT2D eigenvalue weighted by atomic mass is 32.3. The Morgan fingerprint density at radius 1 is 1.19 bits per heavy atom. The van der Waals surface area contributed by atoms with Crippen molar-refractivity contribution in [1.29, 1.82) is 0 Å². The molecule has 1 saturated heterocycles. The standard InChI is InChI=1S/C12H16FN3O3S2/c13-21(18,19)9-6-10(17)16(7-9)12-15-14-11(20-12)8-4-2-1-3-5-8/h8-9H,1-7H2. The molecule has 0 aromatic carbocycles. The van der Waals surface area contributed by atoms with Crippen LogP contribution in [0.2, 0.25) is 0 Å². The van der Waals surface area contributed by atoms with Crippen LogP contribution in [0.15, 0.2) is 0 Å². The average Bonchev–Trinajstić information content (AvgIpc) is 3.05. The molecule has 3 rings (SSSR count). The second-order valence-corrected chi connectivity index (χ2v) is 8.17. The third kappa shape index (κ3) is 3.08. The van der Waals surface area contributed by atoms with Gasteiger partial charge >= 0.3 is 10.2 Å². The largest absolute Gasteiger partial charge is 0.307 e. The Bertz CT molecular complexity index is 640. The zero-order valence-corrected chi connectivity index (χ0v) is 13.0. The number of aromatic nitrogens is 2. The van der Waals surface area contributed by atoms with E-state index in [-0.39, 0.29) is 13.0 Å². The number of hydrogen-bond donors (Lipinski definition) is 0. The smallest absolute Gasteiger partial charge is 0.285 e. The van der Waals surface area contributed by atoms with Crippen LogP contribution in [0, 0.1) is 0 Å². The molecule has 1 unspecified atom stereocenters. The maximum atomic E-state index is 13.0. The van der Waals surface area contributed by atoms with Crippen LogP contribution < -0.4 is 4.90 Å². The Morgan fingerprint density at radius 2 is 1.90 bits per heavy atom. The van der Waals surface area contributed by atoms with Gasteiger partial charge in [0.1, 0.15) is 10.3 Å². The lowest BCUT2D eigenvalue weighted by molar-refractivity contribution is -0.117. The minimum atomic E-state index is -4.70. The topological polar surface area (TPSA) is 80.2 Å². The van der Waals surface area contributed by atoms with Crippen LogP contribution in [0.4, 0.5) is 9.02 Å². The van der Waals surface area contributed by atoms with E-state index < -0.39 is 21.4 Å². The fourth-order valence-electron chi connectivity index (χ4n) is 2.90. The summed E-state index contributed by atoms with van der Waals surface area (Å²) in [6, 6.07) is 0. The first-order chi connectivity index (χ1) is 9.95. The first kappa shape index (κ1) is 14.8. The van der Waals surface area contributed by atoms with Gasteiger partial charge in [0, 0.05) is 18.9 Å². The summed E-state index contributed by atoms with van der Waals surface area (Å²) in [6.45, 7) is -0.170. The van der Waals surface area contributed by atoms with E-state index in [0.717, 1.165) is 17.8 Å². The van der Waals surface area contributed by atoms with E-state index in [1.54, 1.807) is 0 Å². The van der Waals surface area contributed by atoms with Crippen molar-refractivity contribution in [3.05, 3.63) is 5.01 Å². The molecule has 0 radical (unpaired) electrons. The molecular weight excluding hydrogens is 317 g/mol. The minimum Gasteiger partial charge on any atom is -0.285 e. The van der Waals surface area contributed by atoms with Crippen LogP contribution in [0.5, 0.6) is 0 Å². The summed E-state index contributed by atoms with van der Waals surface area (Å²) in [4.78, 5) is 13.1. The molecule has 1 saturated carbocycles. The van der Waals surface area contributed by atoms with E-state index in [1.165, 1.54) is 35.5 Å². The van der Waals surface area contributed by atoms with E-state index in [2.05, 4.69) is 10.2 Å². The first-order valence-electron chi connectivity index (χ1n) is 7.02. The summed E-state index contributed by atoms with van der Waals surface area (Å²) in [6.07, 6.45) is 5.41. The predicted molar refractivity (Wildman–Crippen MR) is 76.5 cm³/mol. The van der Waals surface area contributed by atoms with Gasteiger partial charge in [-0.2, -0.15) is 8.42 Å². The quantitative estimate of drug-likeness (QED) is 0.790. The maximum Gasteiger partial charge on any atom is 0.307 e. The molecule has 1 aromatic heterocycles. The molecule has 1 amide bonds. The average molecular weight is 333 g/mol. The van der Waals surface area contributed by atoms with Crippen LogP contribution in [0.1, 0.15) is 49.5 Å². The summed E-state index contributed by atoms with van der Waals surface area (Å²) in [7, 11) is -4.70. The highest BCUT2D eigenvalue weighted by Gasteiger charge is 2.40. The van der Waals surface area contributed by atoms with Crippen molar-refractivity contribution in [2.45, 2.75) is 49.7 Å². The van der Waals surface area contributed by atoms with E-state index in [1.807, 2.05) is 0 Å². The number of hydrogen-bond acceptors (Lipinski definition) is 6. The molecule has 1 aliphatic carbocycles. The van der Waals surface area contributed by atoms with E-state index >= 15 is 0 Å². The van der Waals surface area contributed by atoms with Gasteiger partial charge in [-0.05, 0) is 12.8 Å². The van der Waals surface area contributed by atoms with Gasteiger partial charge in [-0.1, -0.05) is 30.6 Å². The molecule has 0 bridgehead atoms. The van der Waals surface area contributed by atoms with Crippen molar-refractivity contribution < 1.29 is 17.1 Å². The number of amides is 1. The molecule has 9 heteroatoms. The monoisotopic (exact) mass is 333 g/mol. The molecule has 21 heavy (non-hydrogen) atoms. The number of rotatable bonds is 3. The van der Waals surface area contributed by atoms with Gasteiger partial charge in [0.2, 0.25) is 11.0 Å². The van der Waals surface area contributed by atoms with Gasteiger partial charge in [0.15, 0.2) is 0 Å². The lowest BCUT2D eigenvalue weighted by Crippen LogP contribution is -2.26. The zero-order valence-electron chi connectivity index (χ0n) is 11.4. The molecular formula is C12H16FN3O3S2. The third-order valence-electron chi connectivity index (χ3n) is 4.10. The molecule has 0 N–H and O–H groups in total. The molecule has 1 aliphatic heterocycles. The van der Waals surface area contributed by atoms with Crippen LogP contribution in [-0.2, 0) is 15.0 Å². The van der Waals surface area contributed by atoms with Crippen LogP contribution in [-0.4, -0.2) is 36.3 Å². The molecule has 0 spiro atoms. The SMILES string of the molecule is O=C1CC(S(=O)(=O)F)CN1c1nnc(C2CCCCC2)s1. The van der Waals surface area contributed by atoms with Gasteiger partial charge in [-0.25, -0.2) is 0 Å². The Balaban J connectivity index is 1.75. The van der Waals surface area contributed by atoms with Crippen molar-refractivity contribution >= 4 is 32.6 Å².